The van der Waals surface area contributed by atoms with Gasteiger partial charge in [0.05, 0.1) is 4.92 Å². The highest BCUT2D eigenvalue weighted by molar-refractivity contribution is 7.89. The van der Waals surface area contributed by atoms with Crippen LogP contribution in [0, 0.1) is 16.0 Å². The molecule has 0 radical (unpaired) electrons. The molecule has 29 heavy (non-hydrogen) atoms. The van der Waals surface area contributed by atoms with E-state index >= 15 is 0 Å². The number of nitrogens with zero attached hydrogens (tertiary/aromatic N) is 3. The summed E-state index contributed by atoms with van der Waals surface area (Å²) in [6.07, 6.45) is 2.01. The summed E-state index contributed by atoms with van der Waals surface area (Å²) in [7, 11) is -3.80. The van der Waals surface area contributed by atoms with Crippen LogP contribution in [0.3, 0.4) is 0 Å². The zero-order valence-corrected chi connectivity index (χ0v) is 17.2. The van der Waals surface area contributed by atoms with Crippen molar-refractivity contribution in [2.75, 3.05) is 18.4 Å². The molecule has 9 nitrogen and oxygen atoms in total. The van der Waals surface area contributed by atoms with Gasteiger partial charge in [-0.1, -0.05) is 23.2 Å². The molecule has 0 spiro atoms. The van der Waals surface area contributed by atoms with Gasteiger partial charge in [0.25, 0.3) is 5.69 Å². The fourth-order valence-electron chi connectivity index (χ4n) is 3.04. The second kappa shape index (κ2) is 8.62. The summed E-state index contributed by atoms with van der Waals surface area (Å²) in [6, 6.07) is 6.87. The molecular weight excluding hydrogens is 443 g/mol. The Bertz CT molecular complexity index is 1060. The molecule has 0 bridgehead atoms. The minimum atomic E-state index is -3.80. The first-order chi connectivity index (χ1) is 13.7. The second-order valence-electron chi connectivity index (χ2n) is 6.38. The van der Waals surface area contributed by atoms with Crippen molar-refractivity contribution >= 4 is 50.5 Å². The van der Waals surface area contributed by atoms with Gasteiger partial charge in [-0.05, 0) is 37.1 Å². The maximum atomic E-state index is 12.7. The van der Waals surface area contributed by atoms with Crippen LogP contribution in [0.1, 0.15) is 12.8 Å². The first-order valence-corrected chi connectivity index (χ1v) is 10.7. The Morgan fingerprint density at radius 3 is 2.55 bits per heavy atom. The maximum absolute atomic E-state index is 12.7. The van der Waals surface area contributed by atoms with Crippen LogP contribution in [-0.4, -0.2) is 41.6 Å². The van der Waals surface area contributed by atoms with Gasteiger partial charge in [-0.15, -0.1) is 0 Å². The zero-order valence-electron chi connectivity index (χ0n) is 14.9. The number of benzene rings is 1. The van der Waals surface area contributed by atoms with E-state index < -0.39 is 20.9 Å². The van der Waals surface area contributed by atoms with Gasteiger partial charge in [-0.3, -0.25) is 14.9 Å². The molecule has 3 rings (SSSR count). The van der Waals surface area contributed by atoms with Crippen LogP contribution in [0.25, 0.3) is 0 Å². The number of sulfonamides is 1. The van der Waals surface area contributed by atoms with Crippen molar-refractivity contribution in [3.8, 4) is 0 Å². The van der Waals surface area contributed by atoms with E-state index in [0.29, 0.717) is 12.8 Å². The number of piperidine rings is 1. The summed E-state index contributed by atoms with van der Waals surface area (Å²) in [5, 5.41) is 13.5. The Balaban J connectivity index is 1.65. The van der Waals surface area contributed by atoms with Gasteiger partial charge in [0, 0.05) is 37.0 Å². The molecule has 1 amide bonds. The molecule has 0 saturated carbocycles. The van der Waals surface area contributed by atoms with Gasteiger partial charge < -0.3 is 5.32 Å². The highest BCUT2D eigenvalue weighted by Gasteiger charge is 2.33. The maximum Gasteiger partial charge on any atom is 0.289 e. The number of hydrogen-bond donors (Lipinski definition) is 1. The molecule has 0 unspecified atom stereocenters. The molecule has 0 atom stereocenters. The number of amides is 1. The van der Waals surface area contributed by atoms with Crippen molar-refractivity contribution in [3.05, 3.63) is 56.8 Å². The number of hydrogen-bond acceptors (Lipinski definition) is 6. The summed E-state index contributed by atoms with van der Waals surface area (Å²) < 4.78 is 26.7. The lowest BCUT2D eigenvalue weighted by atomic mass is 9.97. The molecule has 1 aliphatic rings. The van der Waals surface area contributed by atoms with Crippen LogP contribution >= 0.6 is 23.2 Å². The van der Waals surface area contributed by atoms with Gasteiger partial charge in [-0.25, -0.2) is 13.4 Å². The molecule has 0 aliphatic carbocycles. The van der Waals surface area contributed by atoms with E-state index in [0.717, 1.165) is 0 Å². The Labute approximate surface area is 176 Å². The van der Waals surface area contributed by atoms with E-state index in [4.69, 9.17) is 23.2 Å². The molecule has 12 heteroatoms. The predicted molar refractivity (Wildman–Crippen MR) is 107 cm³/mol. The normalized spacial score (nSPS) is 15.8. The quantitative estimate of drug-likeness (QED) is 0.416. The summed E-state index contributed by atoms with van der Waals surface area (Å²) in [5.74, 6) is -0.765. The average Bonchev–Trinajstić information content (AvgIpc) is 2.69. The average molecular weight is 459 g/mol. The minimum absolute atomic E-state index is 0.0272. The highest BCUT2D eigenvalue weighted by atomic mass is 35.5. The number of halogens is 2. The molecule has 1 saturated heterocycles. The van der Waals surface area contributed by atoms with E-state index in [1.165, 1.54) is 40.8 Å². The number of rotatable bonds is 5. The van der Waals surface area contributed by atoms with E-state index in [1.54, 1.807) is 0 Å². The van der Waals surface area contributed by atoms with Crippen molar-refractivity contribution in [3.63, 3.8) is 0 Å². The fraction of sp³-hybridized carbons (Fsp3) is 0.294. The summed E-state index contributed by atoms with van der Waals surface area (Å²) in [4.78, 5) is 26.6. The van der Waals surface area contributed by atoms with Crippen LogP contribution in [0.15, 0.2) is 41.4 Å². The molecule has 1 fully saturated rings. The fourth-order valence-corrected chi connectivity index (χ4v) is 5.12. The third-order valence-electron chi connectivity index (χ3n) is 4.58. The number of nitro benzene ring substituents is 1. The van der Waals surface area contributed by atoms with Crippen LogP contribution < -0.4 is 5.32 Å². The van der Waals surface area contributed by atoms with Crippen molar-refractivity contribution in [1.29, 1.82) is 0 Å². The monoisotopic (exact) mass is 458 g/mol. The molecule has 154 valence electrons. The number of nitrogens with one attached hydrogen (secondary N) is 1. The SMILES string of the molecule is O=C(Nc1ccc(Cl)c([N+](=O)[O-])c1)C1CCN(S(=O)(=O)c2cccnc2Cl)CC1. The Morgan fingerprint density at radius 2 is 1.93 bits per heavy atom. The molecular formula is C17H16Cl2N4O5S. The van der Waals surface area contributed by atoms with E-state index in [-0.39, 0.29) is 45.4 Å². The lowest BCUT2D eigenvalue weighted by Gasteiger charge is -2.30. The van der Waals surface area contributed by atoms with Crippen LogP contribution in [0.2, 0.25) is 10.2 Å². The predicted octanol–water partition coefficient (Wildman–Crippen LogP) is 3.34. The van der Waals surface area contributed by atoms with Crippen molar-refractivity contribution in [1.82, 2.24) is 9.29 Å². The largest absolute Gasteiger partial charge is 0.326 e. The van der Waals surface area contributed by atoms with E-state index in [1.807, 2.05) is 0 Å². The van der Waals surface area contributed by atoms with Crippen molar-refractivity contribution in [2.45, 2.75) is 17.7 Å². The Morgan fingerprint density at radius 1 is 1.24 bits per heavy atom. The summed E-state index contributed by atoms with van der Waals surface area (Å²) in [5.41, 5.74) is -0.0537. The number of aromatic nitrogens is 1. The molecule has 1 aliphatic heterocycles. The summed E-state index contributed by atoms with van der Waals surface area (Å²) >= 11 is 11.7. The third-order valence-corrected chi connectivity index (χ3v) is 7.24. The Kier molecular flexibility index (Phi) is 6.37. The molecule has 1 aromatic heterocycles. The number of carbonyl (C=O) groups is 1. The first-order valence-electron chi connectivity index (χ1n) is 8.55. The van der Waals surface area contributed by atoms with Crippen molar-refractivity contribution < 1.29 is 18.1 Å². The lowest BCUT2D eigenvalue weighted by molar-refractivity contribution is -0.384. The summed E-state index contributed by atoms with van der Waals surface area (Å²) in [6.45, 7) is 0.290. The first kappa shape index (κ1) is 21.4. The van der Waals surface area contributed by atoms with Gasteiger partial charge >= 0.3 is 0 Å². The van der Waals surface area contributed by atoms with Gasteiger partial charge in [0.15, 0.2) is 0 Å². The topological polar surface area (TPSA) is 123 Å². The van der Waals surface area contributed by atoms with E-state index in [2.05, 4.69) is 10.3 Å². The van der Waals surface area contributed by atoms with Crippen molar-refractivity contribution in [2.24, 2.45) is 5.92 Å². The standard InChI is InChI=1S/C17H16Cl2N4O5S/c18-13-4-3-12(10-14(13)23(25)26)21-17(24)11-5-8-22(9-6-11)29(27,28)15-2-1-7-20-16(15)19/h1-4,7,10-11H,5-6,8-9H2,(H,21,24). The minimum Gasteiger partial charge on any atom is -0.326 e. The second-order valence-corrected chi connectivity index (χ2v) is 9.05. The molecule has 2 aromatic rings. The number of pyridine rings is 1. The van der Waals surface area contributed by atoms with Crippen LogP contribution in [0.4, 0.5) is 11.4 Å². The van der Waals surface area contributed by atoms with Crippen LogP contribution in [0.5, 0.6) is 0 Å². The highest BCUT2D eigenvalue weighted by Crippen LogP contribution is 2.30. The molecule has 1 N–H and O–H groups in total. The smallest absolute Gasteiger partial charge is 0.289 e. The molecule has 1 aromatic carbocycles. The van der Waals surface area contributed by atoms with Gasteiger partial charge in [0.2, 0.25) is 15.9 Å². The third kappa shape index (κ3) is 4.67. The zero-order chi connectivity index (χ0) is 21.2. The lowest BCUT2D eigenvalue weighted by Crippen LogP contribution is -2.41. The van der Waals surface area contributed by atoms with E-state index in [9.17, 15) is 23.3 Å². The van der Waals surface area contributed by atoms with Gasteiger partial charge in [0.1, 0.15) is 15.1 Å². The van der Waals surface area contributed by atoms with Gasteiger partial charge in [-0.2, -0.15) is 4.31 Å². The number of carbonyl (C=O) groups excluding carboxylic acids is 1. The van der Waals surface area contributed by atoms with Crippen LogP contribution in [-0.2, 0) is 14.8 Å². The molecule has 2 heterocycles. The Hall–Kier alpha value is -2.27. The number of anilines is 1. The number of nitro groups is 1.